The molecule has 0 radical (unpaired) electrons. The lowest BCUT2D eigenvalue weighted by Crippen LogP contribution is -2.41. The van der Waals surface area contributed by atoms with Crippen molar-refractivity contribution in [3.63, 3.8) is 0 Å². The predicted octanol–water partition coefficient (Wildman–Crippen LogP) is 1.61. The SMILES string of the molecule is CC(O)C1CCN(C(C)CC2CCCCN2)C1. The van der Waals surface area contributed by atoms with E-state index in [1.165, 1.54) is 45.2 Å². The zero-order valence-electron chi connectivity index (χ0n) is 11.4. The monoisotopic (exact) mass is 240 g/mol. The number of piperidine rings is 1. The second kappa shape index (κ2) is 6.17. The summed E-state index contributed by atoms with van der Waals surface area (Å²) in [5.74, 6) is 0.497. The molecular weight excluding hydrogens is 212 g/mol. The zero-order valence-corrected chi connectivity index (χ0v) is 11.4. The van der Waals surface area contributed by atoms with Crippen molar-refractivity contribution in [1.29, 1.82) is 0 Å². The molecule has 0 aromatic rings. The quantitative estimate of drug-likeness (QED) is 0.783. The first-order chi connectivity index (χ1) is 8.16. The van der Waals surface area contributed by atoms with E-state index in [9.17, 15) is 5.11 Å². The molecule has 2 heterocycles. The standard InChI is InChI=1S/C14H28N2O/c1-11(9-14-5-3-4-7-15-14)16-8-6-13(10-16)12(2)17/h11-15,17H,3-10H2,1-2H3. The van der Waals surface area contributed by atoms with Crippen LogP contribution in [0, 0.1) is 5.92 Å². The van der Waals surface area contributed by atoms with Crippen LogP contribution in [0.15, 0.2) is 0 Å². The van der Waals surface area contributed by atoms with Crippen LogP contribution in [0.5, 0.6) is 0 Å². The Balaban J connectivity index is 1.74. The van der Waals surface area contributed by atoms with Crippen molar-refractivity contribution in [1.82, 2.24) is 10.2 Å². The molecule has 2 saturated heterocycles. The van der Waals surface area contributed by atoms with E-state index in [2.05, 4.69) is 17.1 Å². The lowest BCUT2D eigenvalue weighted by molar-refractivity contribution is 0.120. The molecule has 3 heteroatoms. The summed E-state index contributed by atoms with van der Waals surface area (Å²) < 4.78 is 0. The second-order valence-corrected chi connectivity index (χ2v) is 6.02. The Kier molecular flexibility index (Phi) is 4.83. The second-order valence-electron chi connectivity index (χ2n) is 6.02. The molecular formula is C14H28N2O. The molecule has 100 valence electrons. The topological polar surface area (TPSA) is 35.5 Å². The number of nitrogens with one attached hydrogen (secondary N) is 1. The van der Waals surface area contributed by atoms with Gasteiger partial charge >= 0.3 is 0 Å². The van der Waals surface area contributed by atoms with Gasteiger partial charge in [-0.15, -0.1) is 0 Å². The van der Waals surface area contributed by atoms with Gasteiger partial charge in [-0.25, -0.2) is 0 Å². The van der Waals surface area contributed by atoms with Crippen molar-refractivity contribution in [3.8, 4) is 0 Å². The number of aliphatic hydroxyl groups excluding tert-OH is 1. The normalized spacial score (nSPS) is 34.8. The number of nitrogens with zero attached hydrogens (tertiary/aromatic N) is 1. The lowest BCUT2D eigenvalue weighted by atomic mass is 9.98. The fourth-order valence-corrected chi connectivity index (χ4v) is 3.30. The van der Waals surface area contributed by atoms with Crippen LogP contribution in [0.2, 0.25) is 0 Å². The molecule has 0 aliphatic carbocycles. The van der Waals surface area contributed by atoms with Crippen LogP contribution in [-0.4, -0.2) is 47.8 Å². The van der Waals surface area contributed by atoms with Gasteiger partial charge in [-0.05, 0) is 58.5 Å². The molecule has 4 atom stereocenters. The first kappa shape index (κ1) is 13.3. The number of hydrogen-bond acceptors (Lipinski definition) is 3. The highest BCUT2D eigenvalue weighted by molar-refractivity contribution is 4.85. The third-order valence-electron chi connectivity index (χ3n) is 4.60. The summed E-state index contributed by atoms with van der Waals surface area (Å²) in [6, 6.07) is 1.39. The van der Waals surface area contributed by atoms with Crippen LogP contribution in [-0.2, 0) is 0 Å². The number of likely N-dealkylation sites (tertiary alicyclic amines) is 1. The molecule has 2 N–H and O–H groups in total. The van der Waals surface area contributed by atoms with E-state index in [4.69, 9.17) is 0 Å². The van der Waals surface area contributed by atoms with Crippen LogP contribution < -0.4 is 5.32 Å². The van der Waals surface area contributed by atoms with E-state index < -0.39 is 0 Å². The minimum absolute atomic E-state index is 0.139. The molecule has 4 unspecified atom stereocenters. The maximum Gasteiger partial charge on any atom is 0.0552 e. The van der Waals surface area contributed by atoms with E-state index in [0.29, 0.717) is 12.0 Å². The molecule has 2 aliphatic rings. The highest BCUT2D eigenvalue weighted by Crippen LogP contribution is 2.24. The summed E-state index contributed by atoms with van der Waals surface area (Å²) in [5, 5.41) is 13.3. The van der Waals surface area contributed by atoms with Crippen LogP contribution in [0.25, 0.3) is 0 Å². The van der Waals surface area contributed by atoms with Crippen LogP contribution >= 0.6 is 0 Å². The van der Waals surface area contributed by atoms with Gasteiger partial charge in [0.25, 0.3) is 0 Å². The summed E-state index contributed by atoms with van der Waals surface area (Å²) >= 11 is 0. The predicted molar refractivity (Wildman–Crippen MR) is 71.1 cm³/mol. The Hall–Kier alpha value is -0.120. The van der Waals surface area contributed by atoms with Crippen molar-refractivity contribution >= 4 is 0 Å². The van der Waals surface area contributed by atoms with E-state index in [0.717, 1.165) is 12.6 Å². The fraction of sp³-hybridized carbons (Fsp3) is 1.00. The first-order valence-electron chi connectivity index (χ1n) is 7.32. The molecule has 0 aromatic heterocycles. The van der Waals surface area contributed by atoms with Gasteiger partial charge in [0.1, 0.15) is 0 Å². The van der Waals surface area contributed by atoms with Crippen LogP contribution in [0.1, 0.15) is 46.0 Å². The zero-order chi connectivity index (χ0) is 12.3. The van der Waals surface area contributed by atoms with Gasteiger partial charge in [0.15, 0.2) is 0 Å². The van der Waals surface area contributed by atoms with Gasteiger partial charge < -0.3 is 15.3 Å². The number of aliphatic hydroxyl groups is 1. The summed E-state index contributed by atoms with van der Waals surface area (Å²) in [7, 11) is 0. The van der Waals surface area contributed by atoms with E-state index >= 15 is 0 Å². The van der Waals surface area contributed by atoms with Gasteiger partial charge in [0, 0.05) is 18.6 Å². The molecule has 0 amide bonds. The van der Waals surface area contributed by atoms with E-state index in [1.807, 2.05) is 6.92 Å². The molecule has 0 spiro atoms. The fourth-order valence-electron chi connectivity index (χ4n) is 3.30. The largest absolute Gasteiger partial charge is 0.393 e. The van der Waals surface area contributed by atoms with Gasteiger partial charge in [-0.1, -0.05) is 6.42 Å². The highest BCUT2D eigenvalue weighted by atomic mass is 16.3. The average Bonchev–Trinajstić information content (AvgIpc) is 2.79. The molecule has 3 nitrogen and oxygen atoms in total. The van der Waals surface area contributed by atoms with Crippen molar-refractivity contribution in [3.05, 3.63) is 0 Å². The summed E-state index contributed by atoms with van der Waals surface area (Å²) in [6.07, 6.45) is 6.38. The van der Waals surface area contributed by atoms with Crippen molar-refractivity contribution in [2.75, 3.05) is 19.6 Å². The Morgan fingerprint density at radius 2 is 2.12 bits per heavy atom. The molecule has 2 rings (SSSR count). The van der Waals surface area contributed by atoms with Crippen LogP contribution in [0.3, 0.4) is 0 Å². The number of rotatable bonds is 4. The first-order valence-corrected chi connectivity index (χ1v) is 7.32. The van der Waals surface area contributed by atoms with Gasteiger partial charge in [-0.2, -0.15) is 0 Å². The minimum atomic E-state index is -0.139. The van der Waals surface area contributed by atoms with E-state index in [-0.39, 0.29) is 6.10 Å². The maximum absolute atomic E-state index is 9.63. The van der Waals surface area contributed by atoms with Gasteiger partial charge in [0.2, 0.25) is 0 Å². The average molecular weight is 240 g/mol. The van der Waals surface area contributed by atoms with Crippen molar-refractivity contribution in [2.45, 2.75) is 64.1 Å². The Morgan fingerprint density at radius 3 is 2.71 bits per heavy atom. The van der Waals surface area contributed by atoms with Crippen molar-refractivity contribution < 1.29 is 5.11 Å². The Morgan fingerprint density at radius 1 is 1.29 bits per heavy atom. The summed E-state index contributed by atoms with van der Waals surface area (Å²) in [6.45, 7) is 7.74. The molecule has 0 saturated carbocycles. The molecule has 0 aromatic carbocycles. The summed E-state index contributed by atoms with van der Waals surface area (Å²) in [4.78, 5) is 2.56. The molecule has 2 fully saturated rings. The Labute approximate surface area is 106 Å². The maximum atomic E-state index is 9.63. The van der Waals surface area contributed by atoms with Crippen LogP contribution in [0.4, 0.5) is 0 Å². The summed E-state index contributed by atoms with van der Waals surface area (Å²) in [5.41, 5.74) is 0. The molecule has 17 heavy (non-hydrogen) atoms. The third-order valence-corrected chi connectivity index (χ3v) is 4.60. The Bertz CT molecular complexity index is 226. The smallest absolute Gasteiger partial charge is 0.0552 e. The lowest BCUT2D eigenvalue weighted by Gasteiger charge is -2.31. The molecule has 2 aliphatic heterocycles. The molecule has 0 bridgehead atoms. The number of hydrogen-bond donors (Lipinski definition) is 2. The van der Waals surface area contributed by atoms with Crippen molar-refractivity contribution in [2.24, 2.45) is 5.92 Å². The third kappa shape index (κ3) is 3.67. The highest BCUT2D eigenvalue weighted by Gasteiger charge is 2.29. The van der Waals surface area contributed by atoms with Gasteiger partial charge in [-0.3, -0.25) is 0 Å². The van der Waals surface area contributed by atoms with E-state index in [1.54, 1.807) is 0 Å². The van der Waals surface area contributed by atoms with Gasteiger partial charge in [0.05, 0.1) is 6.10 Å². The minimum Gasteiger partial charge on any atom is -0.393 e.